The average molecular weight is 353 g/mol. The zero-order chi connectivity index (χ0) is 17.4. The van der Waals surface area contributed by atoms with E-state index >= 15 is 0 Å². The Morgan fingerprint density at radius 1 is 1.24 bits per heavy atom. The molecular weight excluding hydrogens is 338 g/mol. The molecule has 0 unspecified atom stereocenters. The van der Waals surface area contributed by atoms with Crippen LogP contribution < -0.4 is 14.8 Å². The number of rotatable bonds is 4. The van der Waals surface area contributed by atoms with Gasteiger partial charge in [-0.3, -0.25) is 4.79 Å². The number of thiazole rings is 1. The van der Waals surface area contributed by atoms with Gasteiger partial charge in [0.05, 0.1) is 12.4 Å². The van der Waals surface area contributed by atoms with Gasteiger partial charge >= 0.3 is 0 Å². The van der Waals surface area contributed by atoms with Gasteiger partial charge in [-0.15, -0.1) is 5.10 Å². The van der Waals surface area contributed by atoms with Gasteiger partial charge in [0, 0.05) is 11.6 Å². The third kappa shape index (κ3) is 3.06. The summed E-state index contributed by atoms with van der Waals surface area (Å²) in [5.41, 5.74) is 0.637. The Morgan fingerprint density at radius 3 is 2.68 bits per heavy atom. The SMILES string of the molecule is CC(C)Oc1ccc(-c2nc3sc(=Cc4ccco4)c(=O)n3n2)cc1. The van der Waals surface area contributed by atoms with Gasteiger partial charge in [-0.05, 0) is 50.2 Å². The van der Waals surface area contributed by atoms with Gasteiger partial charge in [0.25, 0.3) is 5.56 Å². The van der Waals surface area contributed by atoms with E-state index in [0.29, 0.717) is 21.1 Å². The number of hydrogen-bond acceptors (Lipinski definition) is 6. The van der Waals surface area contributed by atoms with Crippen molar-refractivity contribution in [2.24, 2.45) is 0 Å². The van der Waals surface area contributed by atoms with Crippen LogP contribution in [0.25, 0.3) is 22.4 Å². The molecule has 126 valence electrons. The lowest BCUT2D eigenvalue weighted by atomic mass is 10.2. The lowest BCUT2D eigenvalue weighted by Crippen LogP contribution is -2.23. The van der Waals surface area contributed by atoms with Crippen molar-refractivity contribution in [3.05, 3.63) is 63.3 Å². The molecule has 7 heteroatoms. The summed E-state index contributed by atoms with van der Waals surface area (Å²) in [5.74, 6) is 1.94. The van der Waals surface area contributed by atoms with Crippen LogP contribution in [0.1, 0.15) is 19.6 Å². The molecule has 25 heavy (non-hydrogen) atoms. The monoisotopic (exact) mass is 353 g/mol. The van der Waals surface area contributed by atoms with Crippen molar-refractivity contribution in [1.29, 1.82) is 0 Å². The van der Waals surface area contributed by atoms with Gasteiger partial charge in [-0.25, -0.2) is 0 Å². The standard InChI is InChI=1S/C18H15N3O3S/c1-11(2)24-13-7-5-12(6-8-13)16-19-18-21(20-16)17(22)15(25-18)10-14-4-3-9-23-14/h3-11H,1-2H3. The summed E-state index contributed by atoms with van der Waals surface area (Å²) in [6.07, 6.45) is 3.38. The molecule has 0 saturated heterocycles. The Labute approximate surface area is 147 Å². The summed E-state index contributed by atoms with van der Waals surface area (Å²) in [5, 5.41) is 4.34. The minimum atomic E-state index is -0.199. The van der Waals surface area contributed by atoms with Gasteiger partial charge < -0.3 is 9.15 Å². The third-order valence-corrected chi connectivity index (χ3v) is 4.44. The zero-order valence-electron chi connectivity index (χ0n) is 13.7. The first kappa shape index (κ1) is 15.6. The molecule has 0 N–H and O–H groups in total. The summed E-state index contributed by atoms with van der Waals surface area (Å²) in [4.78, 5) is 17.5. The number of aromatic nitrogens is 3. The smallest absolute Gasteiger partial charge is 0.291 e. The van der Waals surface area contributed by atoms with Crippen LogP contribution in [0.15, 0.2) is 51.9 Å². The first-order chi connectivity index (χ1) is 12.1. The lowest BCUT2D eigenvalue weighted by Gasteiger charge is -2.09. The van der Waals surface area contributed by atoms with E-state index < -0.39 is 0 Å². The number of benzene rings is 1. The first-order valence-corrected chi connectivity index (χ1v) is 8.64. The van der Waals surface area contributed by atoms with Gasteiger partial charge in [-0.2, -0.15) is 9.50 Å². The Bertz CT molecular complexity index is 1110. The minimum absolute atomic E-state index is 0.119. The molecule has 0 spiro atoms. The van der Waals surface area contributed by atoms with Crippen LogP contribution in [-0.4, -0.2) is 20.7 Å². The number of ether oxygens (including phenoxy) is 1. The van der Waals surface area contributed by atoms with E-state index in [9.17, 15) is 4.79 Å². The molecule has 0 atom stereocenters. The van der Waals surface area contributed by atoms with E-state index in [2.05, 4.69) is 10.1 Å². The fraction of sp³-hybridized carbons (Fsp3) is 0.167. The maximum absolute atomic E-state index is 12.5. The molecule has 1 aromatic carbocycles. The highest BCUT2D eigenvalue weighted by molar-refractivity contribution is 7.15. The Balaban J connectivity index is 1.70. The third-order valence-electron chi connectivity index (χ3n) is 3.48. The summed E-state index contributed by atoms with van der Waals surface area (Å²) in [6, 6.07) is 11.1. The van der Waals surface area contributed by atoms with Crippen LogP contribution in [0, 0.1) is 0 Å². The van der Waals surface area contributed by atoms with Crippen LogP contribution in [-0.2, 0) is 0 Å². The first-order valence-electron chi connectivity index (χ1n) is 7.82. The van der Waals surface area contributed by atoms with E-state index in [1.54, 1.807) is 24.5 Å². The number of nitrogens with zero attached hydrogens (tertiary/aromatic N) is 3. The average Bonchev–Trinajstić information content (AvgIpc) is 3.28. The molecule has 0 bridgehead atoms. The molecule has 0 aliphatic heterocycles. The molecule has 0 aliphatic rings. The van der Waals surface area contributed by atoms with E-state index in [4.69, 9.17) is 9.15 Å². The molecule has 3 aromatic heterocycles. The second-order valence-corrected chi connectivity index (χ2v) is 6.76. The zero-order valence-corrected chi connectivity index (χ0v) is 14.5. The highest BCUT2D eigenvalue weighted by Crippen LogP contribution is 2.21. The van der Waals surface area contributed by atoms with E-state index in [-0.39, 0.29) is 11.7 Å². The number of furan rings is 1. The Hall–Kier alpha value is -2.93. The van der Waals surface area contributed by atoms with Gasteiger partial charge in [-0.1, -0.05) is 11.3 Å². The maximum atomic E-state index is 12.5. The normalized spacial score (nSPS) is 12.4. The second-order valence-electron chi connectivity index (χ2n) is 5.75. The molecule has 3 heterocycles. The predicted molar refractivity (Wildman–Crippen MR) is 95.8 cm³/mol. The van der Waals surface area contributed by atoms with Gasteiger partial charge in [0.2, 0.25) is 4.96 Å². The highest BCUT2D eigenvalue weighted by Gasteiger charge is 2.12. The fourth-order valence-corrected chi connectivity index (χ4v) is 3.30. The lowest BCUT2D eigenvalue weighted by molar-refractivity contribution is 0.242. The topological polar surface area (TPSA) is 69.6 Å². The van der Waals surface area contributed by atoms with Crippen molar-refractivity contribution in [1.82, 2.24) is 14.6 Å². The van der Waals surface area contributed by atoms with Crippen LogP contribution in [0.2, 0.25) is 0 Å². The van der Waals surface area contributed by atoms with E-state index in [1.165, 1.54) is 15.9 Å². The molecule has 0 fully saturated rings. The van der Waals surface area contributed by atoms with Crippen LogP contribution in [0.3, 0.4) is 0 Å². The molecule has 6 nitrogen and oxygen atoms in total. The van der Waals surface area contributed by atoms with Crippen molar-refractivity contribution in [2.45, 2.75) is 20.0 Å². The molecule has 0 amide bonds. The molecule has 0 radical (unpaired) electrons. The number of hydrogen-bond donors (Lipinski definition) is 0. The largest absolute Gasteiger partial charge is 0.491 e. The van der Waals surface area contributed by atoms with Crippen LogP contribution >= 0.6 is 11.3 Å². The minimum Gasteiger partial charge on any atom is -0.491 e. The Morgan fingerprint density at radius 2 is 2.04 bits per heavy atom. The summed E-state index contributed by atoms with van der Waals surface area (Å²) in [7, 11) is 0. The van der Waals surface area contributed by atoms with Crippen molar-refractivity contribution >= 4 is 22.4 Å². The van der Waals surface area contributed by atoms with E-state index in [0.717, 1.165) is 11.3 Å². The Kier molecular flexibility index (Phi) is 3.85. The van der Waals surface area contributed by atoms with Crippen molar-refractivity contribution in [3.8, 4) is 17.1 Å². The molecular formula is C18H15N3O3S. The van der Waals surface area contributed by atoms with Gasteiger partial charge in [0.15, 0.2) is 5.82 Å². The second kappa shape index (κ2) is 6.18. The summed E-state index contributed by atoms with van der Waals surface area (Å²) < 4.78 is 12.7. The van der Waals surface area contributed by atoms with Gasteiger partial charge in [0.1, 0.15) is 16.0 Å². The quantitative estimate of drug-likeness (QED) is 0.564. The molecule has 0 aliphatic carbocycles. The van der Waals surface area contributed by atoms with Crippen LogP contribution in [0.4, 0.5) is 0 Å². The molecule has 4 rings (SSSR count). The number of fused-ring (bicyclic) bond motifs is 1. The van der Waals surface area contributed by atoms with Crippen molar-refractivity contribution in [2.75, 3.05) is 0 Å². The summed E-state index contributed by atoms with van der Waals surface area (Å²) in [6.45, 7) is 3.96. The highest BCUT2D eigenvalue weighted by atomic mass is 32.1. The molecule has 0 saturated carbocycles. The van der Waals surface area contributed by atoms with Crippen molar-refractivity contribution in [3.63, 3.8) is 0 Å². The van der Waals surface area contributed by atoms with Crippen LogP contribution in [0.5, 0.6) is 5.75 Å². The summed E-state index contributed by atoms with van der Waals surface area (Å²) >= 11 is 1.29. The van der Waals surface area contributed by atoms with Crippen molar-refractivity contribution < 1.29 is 9.15 Å². The molecule has 4 aromatic rings. The fourth-order valence-electron chi connectivity index (χ4n) is 2.41. The van der Waals surface area contributed by atoms with E-state index in [1.807, 2.05) is 38.1 Å². The maximum Gasteiger partial charge on any atom is 0.291 e. The predicted octanol–water partition coefficient (Wildman–Crippen LogP) is 2.75.